The Hall–Kier alpha value is -0.613. The molecule has 0 bridgehead atoms. The van der Waals surface area contributed by atoms with Crippen LogP contribution in [0.15, 0.2) is 12.2 Å². The van der Waals surface area contributed by atoms with Crippen molar-refractivity contribution in [1.82, 2.24) is 0 Å². The molecule has 0 aromatic heterocycles. The number of hydrogen-bond donors (Lipinski definition) is 0. The van der Waals surface area contributed by atoms with E-state index in [1.807, 2.05) is 0 Å². The minimum Gasteiger partial charge on any atom is -0.469 e. The maximum atomic E-state index is 11.1. The van der Waals surface area contributed by atoms with Gasteiger partial charge in [-0.3, -0.25) is 4.79 Å². The Morgan fingerprint density at radius 3 is 2.29 bits per heavy atom. The number of carbonyl (C=O) groups excluding carboxylic acids is 1. The number of carbonyl (C=O) groups is 1. The van der Waals surface area contributed by atoms with Crippen molar-refractivity contribution in [3.05, 3.63) is 12.2 Å². The van der Waals surface area contributed by atoms with E-state index >= 15 is 0 Å². The van der Waals surface area contributed by atoms with Crippen LogP contribution in [0.5, 0.6) is 0 Å². The zero-order valence-corrected chi connectivity index (χ0v) is 17.7. The van der Waals surface area contributed by atoms with E-state index in [2.05, 4.69) is 43.5 Å². The molecule has 1 unspecified atom stereocenters. The third-order valence-electron chi connectivity index (χ3n) is 3.93. The molecule has 0 aromatic rings. The lowest BCUT2D eigenvalue weighted by atomic mass is 10.1. The van der Waals surface area contributed by atoms with Crippen LogP contribution >= 0.6 is 0 Å². The lowest BCUT2D eigenvalue weighted by Crippen LogP contribution is -2.31. The van der Waals surface area contributed by atoms with E-state index < -0.39 is 8.32 Å². The summed E-state index contributed by atoms with van der Waals surface area (Å²) in [5.74, 6) is -0.0963. The molecule has 3 nitrogen and oxygen atoms in total. The highest BCUT2D eigenvalue weighted by Gasteiger charge is 2.19. The van der Waals surface area contributed by atoms with Crippen LogP contribution in [0.4, 0.5) is 0 Å². The van der Waals surface area contributed by atoms with E-state index in [4.69, 9.17) is 4.43 Å². The average molecular weight is 357 g/mol. The van der Waals surface area contributed by atoms with Crippen molar-refractivity contribution in [2.45, 2.75) is 103 Å². The largest absolute Gasteiger partial charge is 0.469 e. The fraction of sp³-hybridized carbons (Fsp3) is 0.850. The topological polar surface area (TPSA) is 35.5 Å². The smallest absolute Gasteiger partial charge is 0.305 e. The number of esters is 1. The van der Waals surface area contributed by atoms with Crippen LogP contribution in [-0.2, 0) is 14.0 Å². The van der Waals surface area contributed by atoms with Gasteiger partial charge in [0, 0.05) is 6.42 Å². The molecule has 0 amide bonds. The molecule has 0 saturated carbocycles. The second-order valence-electron chi connectivity index (χ2n) is 7.58. The molecule has 0 spiro atoms. The average Bonchev–Trinajstić information content (AvgIpc) is 2.51. The van der Waals surface area contributed by atoms with Crippen molar-refractivity contribution < 1.29 is 14.0 Å². The zero-order valence-electron chi connectivity index (χ0n) is 16.7. The van der Waals surface area contributed by atoms with Gasteiger partial charge < -0.3 is 9.16 Å². The standard InChI is InChI=1S/C20H40O3Si/c1-6-7-8-9-10-13-16-19(23-24(3,4)5)17-14-11-12-15-18-20(21)22-2/h13,16,19H,6-12,14-15,17-18H2,1-5H3/b16-13+. The molecule has 0 aliphatic rings. The summed E-state index contributed by atoms with van der Waals surface area (Å²) in [4.78, 5) is 11.1. The molecule has 24 heavy (non-hydrogen) atoms. The minimum absolute atomic E-state index is 0.0963. The van der Waals surface area contributed by atoms with E-state index in [0.717, 1.165) is 32.1 Å². The third kappa shape index (κ3) is 16.3. The Balaban J connectivity index is 3.99. The van der Waals surface area contributed by atoms with Gasteiger partial charge in [0.15, 0.2) is 8.32 Å². The lowest BCUT2D eigenvalue weighted by molar-refractivity contribution is -0.140. The Morgan fingerprint density at radius 2 is 1.67 bits per heavy atom. The first kappa shape index (κ1) is 23.4. The van der Waals surface area contributed by atoms with Crippen LogP contribution < -0.4 is 0 Å². The fourth-order valence-electron chi connectivity index (χ4n) is 2.66. The first-order chi connectivity index (χ1) is 11.4. The van der Waals surface area contributed by atoms with Gasteiger partial charge in [0.2, 0.25) is 0 Å². The SMILES string of the molecule is CCCCCC/C=C/C(CCCCCCC(=O)OC)O[Si](C)(C)C. The summed E-state index contributed by atoms with van der Waals surface area (Å²) in [6, 6.07) is 0. The highest BCUT2D eigenvalue weighted by atomic mass is 28.4. The zero-order chi connectivity index (χ0) is 18.3. The normalized spacial score (nSPS) is 13.4. The minimum atomic E-state index is -1.51. The monoisotopic (exact) mass is 356 g/mol. The number of hydrogen-bond acceptors (Lipinski definition) is 3. The van der Waals surface area contributed by atoms with E-state index in [9.17, 15) is 4.79 Å². The second kappa shape index (κ2) is 14.7. The molecule has 0 heterocycles. The Labute approximate surface area is 151 Å². The molecule has 1 atom stereocenters. The molecule has 0 aromatic carbocycles. The molecule has 0 N–H and O–H groups in total. The van der Waals surface area contributed by atoms with Crippen LogP contribution in [0, 0.1) is 0 Å². The van der Waals surface area contributed by atoms with Gasteiger partial charge in [-0.25, -0.2) is 0 Å². The van der Waals surface area contributed by atoms with Crippen LogP contribution in [0.1, 0.15) is 77.6 Å². The molecule has 4 heteroatoms. The van der Waals surface area contributed by atoms with E-state index in [1.54, 1.807) is 0 Å². The number of unbranched alkanes of at least 4 members (excludes halogenated alkanes) is 7. The molecular weight excluding hydrogens is 316 g/mol. The predicted molar refractivity (Wildman–Crippen MR) is 106 cm³/mol. The maximum Gasteiger partial charge on any atom is 0.305 e. The molecule has 142 valence electrons. The molecule has 0 rings (SSSR count). The molecule has 0 aliphatic carbocycles. The summed E-state index contributed by atoms with van der Waals surface area (Å²) in [7, 11) is -0.0555. The van der Waals surface area contributed by atoms with Crippen molar-refractivity contribution in [3.63, 3.8) is 0 Å². The molecule has 0 aliphatic heterocycles. The van der Waals surface area contributed by atoms with Gasteiger partial charge >= 0.3 is 5.97 Å². The van der Waals surface area contributed by atoms with Gasteiger partial charge in [0.25, 0.3) is 0 Å². The van der Waals surface area contributed by atoms with Crippen molar-refractivity contribution in [2.24, 2.45) is 0 Å². The Kier molecular flexibility index (Phi) is 14.3. The lowest BCUT2D eigenvalue weighted by Gasteiger charge is -2.24. The first-order valence-electron chi connectivity index (χ1n) is 9.80. The van der Waals surface area contributed by atoms with Crippen LogP contribution in [-0.4, -0.2) is 27.5 Å². The summed E-state index contributed by atoms with van der Waals surface area (Å²) in [5.41, 5.74) is 0. The van der Waals surface area contributed by atoms with E-state index in [-0.39, 0.29) is 12.1 Å². The third-order valence-corrected chi connectivity index (χ3v) is 4.94. The van der Waals surface area contributed by atoms with Crippen LogP contribution in [0.2, 0.25) is 19.6 Å². The van der Waals surface area contributed by atoms with Gasteiger partial charge in [-0.15, -0.1) is 0 Å². The summed E-state index contributed by atoms with van der Waals surface area (Å²) >= 11 is 0. The fourth-order valence-corrected chi connectivity index (χ4v) is 3.76. The molecule has 0 radical (unpaired) electrons. The summed E-state index contributed by atoms with van der Waals surface area (Å²) in [6.45, 7) is 9.02. The van der Waals surface area contributed by atoms with E-state index in [1.165, 1.54) is 39.2 Å². The van der Waals surface area contributed by atoms with Gasteiger partial charge in [-0.2, -0.15) is 0 Å². The first-order valence-corrected chi connectivity index (χ1v) is 13.2. The Bertz CT molecular complexity index is 334. The van der Waals surface area contributed by atoms with Gasteiger partial charge in [0.1, 0.15) is 0 Å². The van der Waals surface area contributed by atoms with Gasteiger partial charge in [-0.1, -0.05) is 57.6 Å². The second-order valence-corrected chi connectivity index (χ2v) is 12.0. The van der Waals surface area contributed by atoms with E-state index in [0.29, 0.717) is 6.42 Å². The van der Waals surface area contributed by atoms with Crippen LogP contribution in [0.3, 0.4) is 0 Å². The number of allylic oxidation sites excluding steroid dienone is 1. The summed E-state index contributed by atoms with van der Waals surface area (Å²) in [5, 5.41) is 0. The summed E-state index contributed by atoms with van der Waals surface area (Å²) < 4.78 is 11.0. The Morgan fingerprint density at radius 1 is 1.00 bits per heavy atom. The molecule has 0 saturated heterocycles. The van der Waals surface area contributed by atoms with Crippen LogP contribution in [0.25, 0.3) is 0 Å². The predicted octanol–water partition coefficient (Wildman–Crippen LogP) is 6.25. The number of ether oxygens (including phenoxy) is 1. The highest BCUT2D eigenvalue weighted by molar-refractivity contribution is 6.69. The van der Waals surface area contributed by atoms with Crippen molar-refractivity contribution in [1.29, 1.82) is 0 Å². The van der Waals surface area contributed by atoms with Gasteiger partial charge in [-0.05, 0) is 45.3 Å². The van der Waals surface area contributed by atoms with Crippen molar-refractivity contribution >= 4 is 14.3 Å². The summed E-state index contributed by atoms with van der Waals surface area (Å²) in [6.07, 6.45) is 17.3. The number of rotatable bonds is 15. The van der Waals surface area contributed by atoms with Gasteiger partial charge in [0.05, 0.1) is 13.2 Å². The number of methoxy groups -OCH3 is 1. The quantitative estimate of drug-likeness (QED) is 0.151. The molecular formula is C20H40O3Si. The molecule has 0 fully saturated rings. The highest BCUT2D eigenvalue weighted by Crippen LogP contribution is 2.16. The van der Waals surface area contributed by atoms with Crippen molar-refractivity contribution in [3.8, 4) is 0 Å². The van der Waals surface area contributed by atoms with Crippen molar-refractivity contribution in [2.75, 3.05) is 7.11 Å². The maximum absolute atomic E-state index is 11.1.